The Morgan fingerprint density at radius 1 is 1.21 bits per heavy atom. The van der Waals surface area contributed by atoms with Crippen molar-refractivity contribution in [2.75, 3.05) is 14.2 Å². The maximum Gasteiger partial charge on any atom is 0.323 e. The first kappa shape index (κ1) is 20.0. The molecule has 3 atom stereocenters. The Morgan fingerprint density at radius 2 is 1.96 bits per heavy atom. The van der Waals surface area contributed by atoms with Gasteiger partial charge in [-0.2, -0.15) is 0 Å². The summed E-state index contributed by atoms with van der Waals surface area (Å²) in [5.74, 6) is -1.57. The zero-order valence-corrected chi connectivity index (χ0v) is 16.3. The van der Waals surface area contributed by atoms with E-state index in [0.717, 1.165) is 11.1 Å². The molecule has 2 aromatic carbocycles. The maximum absolute atomic E-state index is 14.5. The maximum atomic E-state index is 14.5. The van der Waals surface area contributed by atoms with Crippen molar-refractivity contribution in [1.82, 2.24) is 10.2 Å². The van der Waals surface area contributed by atoms with Crippen LogP contribution in [0.1, 0.15) is 29.2 Å². The van der Waals surface area contributed by atoms with Crippen LogP contribution in [0.25, 0.3) is 0 Å². The number of carbonyl (C=O) groups excluding carboxylic acids is 2. The second kappa shape index (κ2) is 8.52. The van der Waals surface area contributed by atoms with Crippen molar-refractivity contribution in [3.8, 4) is 0 Å². The summed E-state index contributed by atoms with van der Waals surface area (Å²) in [6.45, 7) is 2.38. The summed E-state index contributed by atoms with van der Waals surface area (Å²) in [5.41, 5.74) is 2.51. The minimum absolute atomic E-state index is 0.201. The molecule has 1 fully saturated rings. The molecule has 1 saturated heterocycles. The largest absolute Gasteiger partial charge is 0.468 e. The number of likely N-dealkylation sites (tertiary alicyclic amines) is 1. The molecule has 0 aromatic heterocycles. The molecule has 0 spiro atoms. The molecule has 2 aromatic rings. The van der Waals surface area contributed by atoms with Gasteiger partial charge in [0.15, 0.2) is 0 Å². The molecule has 3 rings (SSSR count). The molecule has 1 aliphatic rings. The van der Waals surface area contributed by atoms with Crippen LogP contribution in [0.3, 0.4) is 0 Å². The van der Waals surface area contributed by atoms with Gasteiger partial charge in [-0.15, -0.1) is 0 Å². The number of hydrogen-bond donors (Lipinski definition) is 1. The molecule has 0 unspecified atom stereocenters. The van der Waals surface area contributed by atoms with Crippen LogP contribution in [0.4, 0.5) is 4.39 Å². The lowest BCUT2D eigenvalue weighted by Crippen LogP contribution is -2.36. The second-order valence-corrected chi connectivity index (χ2v) is 7.22. The second-order valence-electron chi connectivity index (χ2n) is 7.22. The van der Waals surface area contributed by atoms with E-state index >= 15 is 0 Å². The van der Waals surface area contributed by atoms with Gasteiger partial charge in [0, 0.05) is 18.2 Å². The van der Waals surface area contributed by atoms with Gasteiger partial charge in [-0.05, 0) is 32.0 Å². The summed E-state index contributed by atoms with van der Waals surface area (Å²) in [7, 11) is 3.05. The van der Waals surface area contributed by atoms with Crippen LogP contribution >= 0.6 is 0 Å². The van der Waals surface area contributed by atoms with Crippen LogP contribution in [0.15, 0.2) is 48.5 Å². The van der Waals surface area contributed by atoms with Gasteiger partial charge in [0.25, 0.3) is 0 Å². The normalized spacial score (nSPS) is 22.1. The molecule has 1 heterocycles. The molecule has 1 N–H and O–H groups in total. The van der Waals surface area contributed by atoms with E-state index in [1.165, 1.54) is 13.2 Å². The summed E-state index contributed by atoms with van der Waals surface area (Å²) in [6.07, 6.45) is 0.280. The number of likely N-dealkylation sites (N-methyl/N-ethyl adjacent to an activating group) is 1. The summed E-state index contributed by atoms with van der Waals surface area (Å²) >= 11 is 0. The van der Waals surface area contributed by atoms with Crippen molar-refractivity contribution in [3.05, 3.63) is 71.0 Å². The topological polar surface area (TPSA) is 58.6 Å². The molecule has 6 heteroatoms. The number of aryl methyl sites for hydroxylation is 1. The Kier molecular flexibility index (Phi) is 6.09. The Morgan fingerprint density at radius 3 is 2.64 bits per heavy atom. The minimum atomic E-state index is -0.593. The number of nitrogens with zero attached hydrogens (tertiary/aromatic N) is 1. The number of methoxy groups -OCH3 is 1. The van der Waals surface area contributed by atoms with Crippen LogP contribution in [0, 0.1) is 18.7 Å². The molecule has 1 amide bonds. The van der Waals surface area contributed by atoms with Gasteiger partial charge in [-0.25, -0.2) is 4.39 Å². The quantitative estimate of drug-likeness (QED) is 0.806. The summed E-state index contributed by atoms with van der Waals surface area (Å²) in [4.78, 5) is 26.9. The molecule has 1 aliphatic heterocycles. The lowest BCUT2D eigenvalue weighted by atomic mass is 9.92. The highest BCUT2D eigenvalue weighted by atomic mass is 19.1. The number of esters is 1. The van der Waals surface area contributed by atoms with Crippen molar-refractivity contribution >= 4 is 11.9 Å². The monoisotopic (exact) mass is 384 g/mol. The van der Waals surface area contributed by atoms with E-state index in [1.807, 2.05) is 31.2 Å². The summed E-state index contributed by atoms with van der Waals surface area (Å²) < 4.78 is 19.4. The molecule has 5 nitrogen and oxygen atoms in total. The highest BCUT2D eigenvalue weighted by molar-refractivity contribution is 5.83. The van der Waals surface area contributed by atoms with E-state index in [0.29, 0.717) is 12.1 Å². The van der Waals surface area contributed by atoms with Gasteiger partial charge >= 0.3 is 5.97 Å². The standard InChI is InChI=1S/C22H25FN2O3/c1-14-7-6-8-15(11-14)13-24-21(26)17-12-19(22(27)28-3)25(2)20(17)16-9-4-5-10-18(16)23/h4-11,17,19-20H,12-13H2,1-3H3,(H,24,26)/t17-,19-,20-/m0/s1. The van der Waals surface area contributed by atoms with Gasteiger partial charge in [0.2, 0.25) is 5.91 Å². The number of benzene rings is 2. The molecule has 0 aliphatic carbocycles. The lowest BCUT2D eigenvalue weighted by Gasteiger charge is -2.27. The highest BCUT2D eigenvalue weighted by Gasteiger charge is 2.47. The Hall–Kier alpha value is -2.73. The van der Waals surface area contributed by atoms with Crippen LogP contribution in [0.2, 0.25) is 0 Å². The van der Waals surface area contributed by atoms with Crippen LogP contribution < -0.4 is 5.32 Å². The van der Waals surface area contributed by atoms with Gasteiger partial charge in [-0.1, -0.05) is 48.0 Å². The first-order valence-electron chi connectivity index (χ1n) is 9.29. The number of carbonyl (C=O) groups is 2. The van der Waals surface area contributed by atoms with E-state index in [-0.39, 0.29) is 18.1 Å². The van der Waals surface area contributed by atoms with E-state index < -0.39 is 24.0 Å². The third kappa shape index (κ3) is 4.07. The van der Waals surface area contributed by atoms with Crippen LogP contribution in [-0.2, 0) is 20.9 Å². The first-order valence-corrected chi connectivity index (χ1v) is 9.29. The predicted molar refractivity (Wildman–Crippen MR) is 104 cm³/mol. The zero-order chi connectivity index (χ0) is 20.3. The molecule has 0 saturated carbocycles. The average Bonchev–Trinajstić information content (AvgIpc) is 3.03. The molecular weight excluding hydrogens is 359 g/mol. The summed E-state index contributed by atoms with van der Waals surface area (Å²) in [6, 6.07) is 13.1. The van der Waals surface area contributed by atoms with Crippen molar-refractivity contribution in [3.63, 3.8) is 0 Å². The SMILES string of the molecule is COC(=O)[C@@H]1C[C@H](C(=O)NCc2cccc(C)c2)[C@H](c2ccccc2F)N1C. The van der Waals surface area contributed by atoms with Gasteiger partial charge < -0.3 is 10.1 Å². The fourth-order valence-corrected chi connectivity index (χ4v) is 3.96. The molecule has 28 heavy (non-hydrogen) atoms. The molecule has 148 valence electrons. The van der Waals surface area contributed by atoms with Crippen LogP contribution in [0.5, 0.6) is 0 Å². The number of halogens is 1. The first-order chi connectivity index (χ1) is 13.4. The smallest absolute Gasteiger partial charge is 0.323 e. The Bertz CT molecular complexity index is 870. The number of amides is 1. The number of hydrogen-bond acceptors (Lipinski definition) is 4. The van der Waals surface area contributed by atoms with E-state index in [9.17, 15) is 14.0 Å². The fraction of sp³-hybridized carbons (Fsp3) is 0.364. The third-order valence-electron chi connectivity index (χ3n) is 5.37. The molecular formula is C22H25FN2O3. The van der Waals surface area contributed by atoms with Crippen molar-refractivity contribution in [2.24, 2.45) is 5.92 Å². The molecule has 0 bridgehead atoms. The van der Waals surface area contributed by atoms with Crippen molar-refractivity contribution in [2.45, 2.75) is 32.0 Å². The van der Waals surface area contributed by atoms with Crippen molar-refractivity contribution in [1.29, 1.82) is 0 Å². The number of nitrogens with one attached hydrogen (secondary N) is 1. The summed E-state index contributed by atoms with van der Waals surface area (Å²) in [5, 5.41) is 2.95. The van der Waals surface area contributed by atoms with Crippen LogP contribution in [-0.4, -0.2) is 37.0 Å². The van der Waals surface area contributed by atoms with Gasteiger partial charge in [-0.3, -0.25) is 14.5 Å². The van der Waals surface area contributed by atoms with Gasteiger partial charge in [0.1, 0.15) is 11.9 Å². The van der Waals surface area contributed by atoms with E-state index in [2.05, 4.69) is 5.32 Å². The van der Waals surface area contributed by atoms with E-state index in [1.54, 1.807) is 30.1 Å². The van der Waals surface area contributed by atoms with E-state index in [4.69, 9.17) is 4.74 Å². The highest BCUT2D eigenvalue weighted by Crippen LogP contribution is 2.41. The average molecular weight is 384 g/mol. The van der Waals surface area contributed by atoms with Crippen molar-refractivity contribution < 1.29 is 18.7 Å². The number of ether oxygens (including phenoxy) is 1. The Balaban J connectivity index is 1.84. The third-order valence-corrected chi connectivity index (χ3v) is 5.37. The Labute approximate surface area is 164 Å². The zero-order valence-electron chi connectivity index (χ0n) is 16.3. The number of rotatable bonds is 5. The molecule has 0 radical (unpaired) electrons. The van der Waals surface area contributed by atoms with Gasteiger partial charge in [0.05, 0.1) is 13.0 Å². The fourth-order valence-electron chi connectivity index (χ4n) is 3.96. The minimum Gasteiger partial charge on any atom is -0.468 e. The lowest BCUT2D eigenvalue weighted by molar-refractivity contribution is -0.145. The predicted octanol–water partition coefficient (Wildman–Crippen LogP) is 2.98.